The van der Waals surface area contributed by atoms with Crippen molar-refractivity contribution in [2.45, 2.75) is 23.9 Å². The lowest BCUT2D eigenvalue weighted by Gasteiger charge is -2.41. The third-order valence-corrected chi connectivity index (χ3v) is 8.42. The van der Waals surface area contributed by atoms with Gasteiger partial charge in [-0.2, -0.15) is 13.1 Å². The molecule has 0 bridgehead atoms. The molecule has 0 saturated carbocycles. The maximum atomic E-state index is 13.5. The molecule has 0 N–H and O–H groups in total. The zero-order valence-electron chi connectivity index (χ0n) is 16.4. The molecule has 30 heavy (non-hydrogen) atoms. The number of hydrogen-bond acceptors (Lipinski definition) is 8. The second-order valence-corrected chi connectivity index (χ2v) is 10.2. The summed E-state index contributed by atoms with van der Waals surface area (Å²) in [5, 5.41) is 0. The van der Waals surface area contributed by atoms with Gasteiger partial charge in [-0.3, -0.25) is 9.88 Å². The number of piperidine rings is 1. The molecule has 0 unspecified atom stereocenters. The highest BCUT2D eigenvalue weighted by molar-refractivity contribution is 7.89. The predicted molar refractivity (Wildman–Crippen MR) is 114 cm³/mol. The van der Waals surface area contributed by atoms with Crippen LogP contribution in [0.4, 0.5) is 0 Å². The van der Waals surface area contributed by atoms with Crippen LogP contribution in [0.15, 0.2) is 47.6 Å². The molecule has 0 amide bonds. The molecule has 1 aromatic carbocycles. The van der Waals surface area contributed by atoms with E-state index in [1.807, 2.05) is 12.3 Å². The van der Waals surface area contributed by atoms with Gasteiger partial charge in [-0.05, 0) is 30.2 Å². The second-order valence-electron chi connectivity index (χ2n) is 7.77. The highest BCUT2D eigenvalue weighted by Gasteiger charge is 2.40. The maximum absolute atomic E-state index is 13.5. The van der Waals surface area contributed by atoms with Crippen LogP contribution in [0.1, 0.15) is 12.0 Å². The molecular weight excluding hydrogens is 422 g/mol. The summed E-state index contributed by atoms with van der Waals surface area (Å²) >= 11 is 1.04. The van der Waals surface area contributed by atoms with E-state index in [-0.39, 0.29) is 10.9 Å². The number of pyridine rings is 1. The molecule has 0 radical (unpaired) electrons. The van der Waals surface area contributed by atoms with Crippen LogP contribution >= 0.6 is 11.7 Å². The quantitative estimate of drug-likeness (QED) is 0.607. The lowest BCUT2D eigenvalue weighted by Crippen LogP contribution is -2.54. The average molecular weight is 446 g/mol. The molecule has 10 heteroatoms. The highest BCUT2D eigenvalue weighted by Crippen LogP contribution is 2.31. The van der Waals surface area contributed by atoms with Gasteiger partial charge in [0, 0.05) is 50.5 Å². The molecule has 2 saturated heterocycles. The molecule has 2 atom stereocenters. The van der Waals surface area contributed by atoms with Gasteiger partial charge in [0.2, 0.25) is 10.0 Å². The number of hydrogen-bond donors (Lipinski definition) is 0. The number of nitrogens with zero attached hydrogens (tertiary/aromatic N) is 5. The van der Waals surface area contributed by atoms with Crippen molar-refractivity contribution in [3.8, 4) is 0 Å². The Labute approximate surface area is 179 Å². The van der Waals surface area contributed by atoms with E-state index in [4.69, 9.17) is 4.74 Å². The number of rotatable bonds is 4. The number of sulfonamides is 1. The second kappa shape index (κ2) is 8.27. The molecule has 5 rings (SSSR count). The van der Waals surface area contributed by atoms with Gasteiger partial charge < -0.3 is 4.74 Å². The van der Waals surface area contributed by atoms with Crippen LogP contribution in [0.5, 0.6) is 0 Å². The van der Waals surface area contributed by atoms with Crippen molar-refractivity contribution < 1.29 is 13.2 Å². The molecular formula is C20H23N5O3S2. The number of ether oxygens (including phenoxy) is 1. The standard InChI is InChI=1S/C20H23N5O3S2/c26-30(27,19-5-1-4-17-20(19)23-29-22-17)25-8-6-16-14-28-10-9-24(18(16)13-25)12-15-3-2-7-21-11-15/h1-5,7,11,16,18H,6,8-10,12-14H2/t16-,18-/m1/s1. The lowest BCUT2D eigenvalue weighted by atomic mass is 9.92. The van der Waals surface area contributed by atoms with Gasteiger partial charge in [-0.25, -0.2) is 8.42 Å². The summed E-state index contributed by atoms with van der Waals surface area (Å²) < 4.78 is 42.9. The molecule has 2 aliphatic heterocycles. The first-order chi connectivity index (χ1) is 14.6. The Morgan fingerprint density at radius 2 is 2.10 bits per heavy atom. The smallest absolute Gasteiger partial charge is 0.245 e. The van der Waals surface area contributed by atoms with E-state index < -0.39 is 10.0 Å². The SMILES string of the molecule is O=S(=O)(c1cccc2nsnc12)N1CC[C@@H]2COCCN(Cc3cccnc3)[C@@H]2C1. The van der Waals surface area contributed by atoms with Crippen molar-refractivity contribution in [2.75, 3.05) is 32.8 Å². The average Bonchev–Trinajstić information content (AvgIpc) is 3.17. The summed E-state index contributed by atoms with van der Waals surface area (Å²) in [6.07, 6.45) is 4.41. The normalized spacial score (nSPS) is 23.9. The van der Waals surface area contributed by atoms with Gasteiger partial charge in [0.15, 0.2) is 0 Å². The van der Waals surface area contributed by atoms with Crippen molar-refractivity contribution in [3.63, 3.8) is 0 Å². The number of aromatic nitrogens is 3. The van der Waals surface area contributed by atoms with Crippen molar-refractivity contribution in [2.24, 2.45) is 5.92 Å². The predicted octanol–water partition coefficient (Wildman–Crippen LogP) is 2.00. The highest BCUT2D eigenvalue weighted by atomic mass is 32.2. The minimum Gasteiger partial charge on any atom is -0.380 e. The van der Waals surface area contributed by atoms with E-state index >= 15 is 0 Å². The lowest BCUT2D eigenvalue weighted by molar-refractivity contribution is 0.0766. The number of benzene rings is 1. The van der Waals surface area contributed by atoms with E-state index in [2.05, 4.69) is 24.7 Å². The van der Waals surface area contributed by atoms with Crippen molar-refractivity contribution in [1.82, 2.24) is 22.9 Å². The zero-order valence-corrected chi connectivity index (χ0v) is 18.1. The molecule has 158 valence electrons. The summed E-state index contributed by atoms with van der Waals surface area (Å²) in [5.41, 5.74) is 2.20. The fourth-order valence-electron chi connectivity index (χ4n) is 4.41. The van der Waals surface area contributed by atoms with Crippen LogP contribution in [-0.2, 0) is 21.3 Å². The topological polar surface area (TPSA) is 88.5 Å². The minimum atomic E-state index is -3.66. The molecule has 3 aromatic rings. The molecule has 2 aliphatic rings. The van der Waals surface area contributed by atoms with E-state index in [1.54, 1.807) is 28.7 Å². The minimum absolute atomic E-state index is 0.101. The van der Waals surface area contributed by atoms with Crippen molar-refractivity contribution >= 4 is 32.8 Å². The Hall–Kier alpha value is -1.98. The molecule has 0 spiro atoms. The van der Waals surface area contributed by atoms with Crippen molar-refractivity contribution in [3.05, 3.63) is 48.3 Å². The van der Waals surface area contributed by atoms with Gasteiger partial charge in [0.25, 0.3) is 0 Å². The Morgan fingerprint density at radius 1 is 1.17 bits per heavy atom. The van der Waals surface area contributed by atoms with Gasteiger partial charge in [0.1, 0.15) is 15.9 Å². The summed E-state index contributed by atoms with van der Waals surface area (Å²) in [4.78, 5) is 6.81. The Kier molecular flexibility index (Phi) is 5.50. The Morgan fingerprint density at radius 3 is 2.97 bits per heavy atom. The third-order valence-electron chi connectivity index (χ3n) is 5.98. The van der Waals surface area contributed by atoms with Crippen LogP contribution in [0.3, 0.4) is 0 Å². The summed E-state index contributed by atoms with van der Waals surface area (Å²) in [5.74, 6) is 0.312. The molecule has 2 aromatic heterocycles. The van der Waals surface area contributed by atoms with Crippen LogP contribution in [0, 0.1) is 5.92 Å². The van der Waals surface area contributed by atoms with E-state index in [1.165, 1.54) is 0 Å². The fraction of sp³-hybridized carbons (Fsp3) is 0.450. The van der Waals surface area contributed by atoms with Crippen LogP contribution in [0.25, 0.3) is 11.0 Å². The molecule has 4 heterocycles. The number of fused-ring (bicyclic) bond motifs is 2. The first-order valence-corrected chi connectivity index (χ1v) is 12.2. The van der Waals surface area contributed by atoms with Gasteiger partial charge >= 0.3 is 0 Å². The zero-order chi connectivity index (χ0) is 20.6. The van der Waals surface area contributed by atoms with Gasteiger partial charge in [0.05, 0.1) is 24.9 Å². The Bertz CT molecular complexity index is 1120. The maximum Gasteiger partial charge on any atom is 0.245 e. The van der Waals surface area contributed by atoms with Crippen LogP contribution in [-0.4, -0.2) is 70.2 Å². The summed E-state index contributed by atoms with van der Waals surface area (Å²) in [7, 11) is -3.66. The fourth-order valence-corrected chi connectivity index (χ4v) is 6.64. The summed E-state index contributed by atoms with van der Waals surface area (Å²) in [6.45, 7) is 3.77. The first kappa shape index (κ1) is 20.0. The largest absolute Gasteiger partial charge is 0.380 e. The third kappa shape index (κ3) is 3.74. The van der Waals surface area contributed by atoms with E-state index in [0.717, 1.165) is 36.8 Å². The monoisotopic (exact) mass is 445 g/mol. The van der Waals surface area contributed by atoms with Gasteiger partial charge in [-0.15, -0.1) is 0 Å². The summed E-state index contributed by atoms with van der Waals surface area (Å²) in [6, 6.07) is 9.25. The van der Waals surface area contributed by atoms with Gasteiger partial charge in [-0.1, -0.05) is 12.1 Å². The molecule has 0 aliphatic carbocycles. The Balaban J connectivity index is 1.43. The van der Waals surface area contributed by atoms with Crippen LogP contribution < -0.4 is 0 Å². The van der Waals surface area contributed by atoms with E-state index in [0.29, 0.717) is 43.3 Å². The van der Waals surface area contributed by atoms with Crippen LogP contribution in [0.2, 0.25) is 0 Å². The van der Waals surface area contributed by atoms with E-state index in [9.17, 15) is 8.42 Å². The van der Waals surface area contributed by atoms with Crippen molar-refractivity contribution in [1.29, 1.82) is 0 Å². The molecule has 8 nitrogen and oxygen atoms in total. The molecule has 2 fully saturated rings. The first-order valence-electron chi connectivity index (χ1n) is 10.0.